The maximum absolute atomic E-state index is 13.1. The summed E-state index contributed by atoms with van der Waals surface area (Å²) in [5.74, 6) is -3.57. The first-order chi connectivity index (χ1) is 10.9. The molecule has 0 bridgehead atoms. The number of hydrogen-bond acceptors (Lipinski definition) is 4. The van der Waals surface area contributed by atoms with Crippen LogP contribution in [0.4, 0.5) is 0 Å². The molecule has 24 heavy (non-hydrogen) atoms. The van der Waals surface area contributed by atoms with E-state index < -0.39 is 22.9 Å². The summed E-state index contributed by atoms with van der Waals surface area (Å²) in [6.07, 6.45) is 3.31. The van der Waals surface area contributed by atoms with Gasteiger partial charge in [0.05, 0.1) is 0 Å². The summed E-state index contributed by atoms with van der Waals surface area (Å²) >= 11 is 0. The molecule has 2 saturated carbocycles. The molecule has 0 heterocycles. The van der Waals surface area contributed by atoms with Gasteiger partial charge in [-0.25, -0.2) is 0 Å². The van der Waals surface area contributed by atoms with Gasteiger partial charge in [0.1, 0.15) is 0 Å². The first-order valence-electron chi connectivity index (χ1n) is 9.43. The second-order valence-corrected chi connectivity index (χ2v) is 9.21. The molecule has 2 fully saturated rings. The Bertz CT molecular complexity index is 522. The van der Waals surface area contributed by atoms with Crippen LogP contribution in [-0.2, 0) is 9.59 Å². The molecule has 0 aliphatic heterocycles. The Morgan fingerprint density at radius 3 is 2.25 bits per heavy atom. The van der Waals surface area contributed by atoms with Crippen LogP contribution < -0.4 is 0 Å². The molecule has 0 aromatic heterocycles. The molecule has 4 heteroatoms. The van der Waals surface area contributed by atoms with Gasteiger partial charge in [0, 0.05) is 23.7 Å². The predicted molar refractivity (Wildman–Crippen MR) is 93.1 cm³/mol. The Hall–Kier alpha value is -0.740. The summed E-state index contributed by atoms with van der Waals surface area (Å²) in [6, 6.07) is 0. The zero-order valence-corrected chi connectivity index (χ0v) is 16.1. The molecule has 2 aliphatic rings. The third-order valence-electron chi connectivity index (χ3n) is 7.36. The number of Topliss-reactive ketones (excluding diaryl/α,β-unsaturated/α-hetero) is 2. The molecule has 0 amide bonds. The molecule has 2 rings (SSSR count). The highest BCUT2D eigenvalue weighted by molar-refractivity contribution is 6.38. The molecule has 4 nitrogen and oxygen atoms in total. The number of rotatable bonds is 4. The van der Waals surface area contributed by atoms with Gasteiger partial charge in [0.15, 0.2) is 5.79 Å². The van der Waals surface area contributed by atoms with Gasteiger partial charge < -0.3 is 10.2 Å². The van der Waals surface area contributed by atoms with E-state index in [0.29, 0.717) is 6.42 Å². The minimum atomic E-state index is -1.90. The van der Waals surface area contributed by atoms with Crippen LogP contribution in [0, 0.1) is 34.5 Å². The van der Waals surface area contributed by atoms with Crippen LogP contribution in [0.1, 0.15) is 73.6 Å². The summed E-state index contributed by atoms with van der Waals surface area (Å²) in [5, 5.41) is 21.7. The van der Waals surface area contributed by atoms with Crippen molar-refractivity contribution in [2.45, 2.75) is 79.4 Å². The zero-order valence-electron chi connectivity index (χ0n) is 16.1. The van der Waals surface area contributed by atoms with Crippen molar-refractivity contribution in [2.75, 3.05) is 0 Å². The topological polar surface area (TPSA) is 74.6 Å². The van der Waals surface area contributed by atoms with Gasteiger partial charge in [-0.3, -0.25) is 9.59 Å². The SMILES string of the molecule is CC[C@@H](C)C(=O)C(=O)[C@H]1[C@@H](C)CC[C@H]2C(C)(C)CCC(O)(O)[C@]12C. The molecule has 0 spiro atoms. The molecule has 0 unspecified atom stereocenters. The van der Waals surface area contributed by atoms with E-state index >= 15 is 0 Å². The minimum absolute atomic E-state index is 0.0145. The van der Waals surface area contributed by atoms with E-state index in [-0.39, 0.29) is 35.4 Å². The smallest absolute Gasteiger partial charge is 0.202 e. The molecular weight excluding hydrogens is 304 g/mol. The fourth-order valence-electron chi connectivity index (χ4n) is 5.49. The highest BCUT2D eigenvalue weighted by atomic mass is 16.5. The summed E-state index contributed by atoms with van der Waals surface area (Å²) in [5.41, 5.74) is -1.05. The third-order valence-corrected chi connectivity index (χ3v) is 7.36. The fourth-order valence-corrected chi connectivity index (χ4v) is 5.49. The van der Waals surface area contributed by atoms with Crippen molar-refractivity contribution in [1.82, 2.24) is 0 Å². The second kappa shape index (κ2) is 6.21. The normalized spacial score (nSPS) is 38.9. The first kappa shape index (κ1) is 19.6. The Balaban J connectivity index is 2.52. The Labute approximate surface area is 146 Å². The standard InChI is InChI=1S/C20H34O4/c1-7-12(2)16(21)17(22)15-13(3)8-9-14-18(4,5)10-11-20(23,24)19(14,15)6/h12-15,23-24H,7-11H2,1-6H3/t12-,13+,14+,15-,19+/m1/s1. The first-order valence-corrected chi connectivity index (χ1v) is 9.43. The Kier molecular flexibility index (Phi) is 5.06. The molecule has 2 aliphatic carbocycles. The highest BCUT2D eigenvalue weighted by Gasteiger charge is 2.66. The molecule has 5 atom stereocenters. The molecule has 0 radical (unpaired) electrons. The number of fused-ring (bicyclic) bond motifs is 1. The van der Waals surface area contributed by atoms with Gasteiger partial charge in [-0.15, -0.1) is 0 Å². The minimum Gasteiger partial charge on any atom is -0.365 e. The van der Waals surface area contributed by atoms with Crippen LogP contribution >= 0.6 is 0 Å². The van der Waals surface area contributed by atoms with Gasteiger partial charge in [0.2, 0.25) is 11.6 Å². The molecular formula is C20H34O4. The van der Waals surface area contributed by atoms with E-state index in [1.165, 1.54) is 0 Å². The lowest BCUT2D eigenvalue weighted by molar-refractivity contribution is -0.317. The lowest BCUT2D eigenvalue weighted by atomic mass is 9.43. The lowest BCUT2D eigenvalue weighted by Gasteiger charge is -2.62. The molecule has 0 aromatic carbocycles. The molecule has 0 aromatic rings. The predicted octanol–water partition coefficient (Wildman–Crippen LogP) is 3.34. The Morgan fingerprint density at radius 2 is 1.71 bits per heavy atom. The maximum atomic E-state index is 13.1. The van der Waals surface area contributed by atoms with Gasteiger partial charge in [-0.2, -0.15) is 0 Å². The molecule has 138 valence electrons. The van der Waals surface area contributed by atoms with E-state index in [4.69, 9.17) is 0 Å². The van der Waals surface area contributed by atoms with E-state index in [9.17, 15) is 19.8 Å². The Morgan fingerprint density at radius 1 is 1.12 bits per heavy atom. The summed E-state index contributed by atoms with van der Waals surface area (Å²) < 4.78 is 0. The van der Waals surface area contributed by atoms with Crippen molar-refractivity contribution in [3.63, 3.8) is 0 Å². The number of hydrogen-bond donors (Lipinski definition) is 2. The van der Waals surface area contributed by atoms with Crippen LogP contribution in [0.2, 0.25) is 0 Å². The van der Waals surface area contributed by atoms with Crippen molar-refractivity contribution in [1.29, 1.82) is 0 Å². The van der Waals surface area contributed by atoms with Crippen LogP contribution in [0.25, 0.3) is 0 Å². The largest absolute Gasteiger partial charge is 0.365 e. The molecule has 0 saturated heterocycles. The highest BCUT2D eigenvalue weighted by Crippen LogP contribution is 2.64. The van der Waals surface area contributed by atoms with E-state index in [2.05, 4.69) is 13.8 Å². The van der Waals surface area contributed by atoms with Crippen molar-refractivity contribution in [3.8, 4) is 0 Å². The van der Waals surface area contributed by atoms with E-state index in [1.54, 1.807) is 6.92 Å². The average Bonchev–Trinajstić information content (AvgIpc) is 2.50. The van der Waals surface area contributed by atoms with Gasteiger partial charge in [-0.05, 0) is 42.9 Å². The number of ketones is 2. The fraction of sp³-hybridized carbons (Fsp3) is 0.900. The summed E-state index contributed by atoms with van der Waals surface area (Å²) in [7, 11) is 0. The van der Waals surface area contributed by atoms with Crippen molar-refractivity contribution in [2.24, 2.45) is 34.5 Å². The lowest BCUT2D eigenvalue weighted by Crippen LogP contribution is -2.66. The van der Waals surface area contributed by atoms with Crippen molar-refractivity contribution >= 4 is 11.6 Å². The van der Waals surface area contributed by atoms with Crippen LogP contribution in [-0.4, -0.2) is 27.6 Å². The van der Waals surface area contributed by atoms with Crippen molar-refractivity contribution < 1.29 is 19.8 Å². The van der Waals surface area contributed by atoms with E-state index in [1.807, 2.05) is 20.8 Å². The van der Waals surface area contributed by atoms with Crippen LogP contribution in [0.15, 0.2) is 0 Å². The maximum Gasteiger partial charge on any atom is 0.202 e. The van der Waals surface area contributed by atoms with Gasteiger partial charge in [-0.1, -0.05) is 41.5 Å². The van der Waals surface area contributed by atoms with Gasteiger partial charge in [0.25, 0.3) is 0 Å². The quantitative estimate of drug-likeness (QED) is 0.609. The monoisotopic (exact) mass is 338 g/mol. The second-order valence-electron chi connectivity index (χ2n) is 9.21. The molecule has 2 N–H and O–H groups in total. The van der Waals surface area contributed by atoms with Crippen LogP contribution in [0.3, 0.4) is 0 Å². The average molecular weight is 338 g/mol. The van der Waals surface area contributed by atoms with Gasteiger partial charge >= 0.3 is 0 Å². The van der Waals surface area contributed by atoms with Crippen molar-refractivity contribution in [3.05, 3.63) is 0 Å². The van der Waals surface area contributed by atoms with E-state index in [0.717, 1.165) is 19.3 Å². The zero-order chi connectivity index (χ0) is 18.5. The summed E-state index contributed by atoms with van der Waals surface area (Å²) in [6.45, 7) is 11.8. The summed E-state index contributed by atoms with van der Waals surface area (Å²) in [4.78, 5) is 25.7. The number of aliphatic hydroxyl groups is 2. The number of carbonyl (C=O) groups is 2. The third kappa shape index (κ3) is 2.76. The number of carbonyl (C=O) groups excluding carboxylic acids is 2. The van der Waals surface area contributed by atoms with Crippen LogP contribution in [0.5, 0.6) is 0 Å².